The number of aromatic amines is 1. The number of likely N-dealkylation sites (tertiary alicyclic amines) is 1. The number of H-pyrrole nitrogens is 1. The maximum atomic E-state index is 15.7. The number of anilines is 2. The number of unbranched alkanes of at least 4 members (excludes halogenated alkanes) is 2. The minimum absolute atomic E-state index is 0.0112. The van der Waals surface area contributed by atoms with Gasteiger partial charge in [-0.25, -0.2) is 19.3 Å². The monoisotopic (exact) mass is 1040 g/mol. The summed E-state index contributed by atoms with van der Waals surface area (Å²) in [5.41, 5.74) is 7.61. The van der Waals surface area contributed by atoms with Gasteiger partial charge in [0.25, 0.3) is 5.91 Å². The van der Waals surface area contributed by atoms with Crippen LogP contribution in [-0.2, 0) is 25.7 Å². The maximum Gasteiger partial charge on any atom is 0.254 e. The summed E-state index contributed by atoms with van der Waals surface area (Å²) in [6.07, 6.45) is 10.8. The van der Waals surface area contributed by atoms with Gasteiger partial charge in [0.1, 0.15) is 17.9 Å². The third-order valence-electron chi connectivity index (χ3n) is 14.2. The molecule has 1 aliphatic carbocycles. The molecular weight excluding hydrogens is 978 g/mol. The zero-order valence-corrected chi connectivity index (χ0v) is 43.7. The highest BCUT2D eigenvalue weighted by Crippen LogP contribution is 2.41. The van der Waals surface area contributed by atoms with Crippen LogP contribution in [0.1, 0.15) is 105 Å². The van der Waals surface area contributed by atoms with Crippen molar-refractivity contribution in [2.75, 3.05) is 51.1 Å². The molecule has 19 nitrogen and oxygen atoms in total. The summed E-state index contributed by atoms with van der Waals surface area (Å²) in [6, 6.07) is 10.5. The van der Waals surface area contributed by atoms with E-state index in [4.69, 9.17) is 4.98 Å². The second kappa shape index (κ2) is 23.2. The molecule has 9 rings (SSSR count). The summed E-state index contributed by atoms with van der Waals surface area (Å²) in [5, 5.41) is 29.5. The zero-order valence-electron chi connectivity index (χ0n) is 42.9. The van der Waals surface area contributed by atoms with Crippen LogP contribution in [0, 0.1) is 18.2 Å². The summed E-state index contributed by atoms with van der Waals surface area (Å²) >= 11 is 1.57. The SMILES string of the molecule is Cc1ncsc1-c1ccc(CNC(=O)[C@@H]2C[C@@H](O)CN2C(=O)[C@@H](NC(=O)CCCCCC(=O)NCCN2CCN(C(=O)c3ccc(Nc4nc(C5CC5)cn5c(-c6cn[nH]c6)cnc45)c(F)c3)CC2)C(C)(C)C)cc1. The average molecular weight is 1040 g/mol. The quantitative estimate of drug-likeness (QED) is 0.0488. The van der Waals surface area contributed by atoms with Crippen LogP contribution in [0.3, 0.4) is 0 Å². The van der Waals surface area contributed by atoms with Crippen LogP contribution in [0.4, 0.5) is 15.9 Å². The molecule has 0 spiro atoms. The average Bonchev–Trinajstić information content (AvgIpc) is 3.71. The lowest BCUT2D eigenvalue weighted by molar-refractivity contribution is -0.144. The molecule has 6 heterocycles. The lowest BCUT2D eigenvalue weighted by Crippen LogP contribution is -2.57. The number of aromatic nitrogens is 6. The second-order valence-corrected chi connectivity index (χ2v) is 21.8. The minimum atomic E-state index is -0.925. The zero-order chi connectivity index (χ0) is 52.8. The molecule has 396 valence electrons. The first-order valence-corrected chi connectivity index (χ1v) is 26.7. The molecule has 6 aromatic rings. The van der Waals surface area contributed by atoms with Crippen LogP contribution in [0.2, 0.25) is 0 Å². The summed E-state index contributed by atoms with van der Waals surface area (Å²) in [7, 11) is 0. The number of rotatable bonds is 20. The number of aliphatic hydroxyl groups is 1. The normalized spacial score (nSPS) is 17.5. The van der Waals surface area contributed by atoms with Gasteiger partial charge in [0, 0.05) is 101 Å². The highest BCUT2D eigenvalue weighted by Gasteiger charge is 2.44. The number of nitrogens with one attached hydrogen (secondary N) is 5. The number of carbonyl (C=O) groups excluding carboxylic acids is 5. The van der Waals surface area contributed by atoms with Gasteiger partial charge >= 0.3 is 0 Å². The van der Waals surface area contributed by atoms with Crippen LogP contribution >= 0.6 is 11.3 Å². The Labute approximate surface area is 439 Å². The summed E-state index contributed by atoms with van der Waals surface area (Å²) < 4.78 is 17.6. The molecule has 1 saturated carbocycles. The fourth-order valence-electron chi connectivity index (χ4n) is 9.71. The molecular formula is C54H66FN13O6S. The van der Waals surface area contributed by atoms with Gasteiger partial charge in [-0.15, -0.1) is 11.3 Å². The predicted octanol–water partition coefficient (Wildman–Crippen LogP) is 5.95. The Hall–Kier alpha value is -7.10. The molecule has 75 heavy (non-hydrogen) atoms. The van der Waals surface area contributed by atoms with Crippen molar-refractivity contribution in [3.05, 3.63) is 101 Å². The van der Waals surface area contributed by atoms with Crippen molar-refractivity contribution in [3.63, 3.8) is 0 Å². The first-order valence-electron chi connectivity index (χ1n) is 25.9. The Morgan fingerprint density at radius 1 is 0.920 bits per heavy atom. The highest BCUT2D eigenvalue weighted by molar-refractivity contribution is 7.13. The number of piperazine rings is 1. The van der Waals surface area contributed by atoms with E-state index in [0.717, 1.165) is 51.5 Å². The van der Waals surface area contributed by atoms with Gasteiger partial charge in [0.05, 0.1) is 51.7 Å². The Bertz CT molecular complexity index is 3000. The largest absolute Gasteiger partial charge is 0.391 e. The van der Waals surface area contributed by atoms with Crippen LogP contribution in [0.25, 0.3) is 27.3 Å². The van der Waals surface area contributed by atoms with Crippen molar-refractivity contribution in [2.24, 2.45) is 5.41 Å². The number of β-amino-alcohol motifs (C(OH)–C–C–N with tert-alkyl or cyclic N) is 1. The number of aryl methyl sites for hydroxylation is 1. The molecule has 3 atom stereocenters. The van der Waals surface area contributed by atoms with Crippen molar-refractivity contribution < 1.29 is 33.5 Å². The molecule has 0 bridgehead atoms. The maximum absolute atomic E-state index is 15.7. The number of hydrogen-bond acceptors (Lipinski definition) is 13. The number of imidazole rings is 1. The molecule has 3 aliphatic rings. The number of halogens is 1. The van der Waals surface area contributed by atoms with Crippen LogP contribution in [-0.4, -0.2) is 143 Å². The molecule has 2 saturated heterocycles. The van der Waals surface area contributed by atoms with Crippen molar-refractivity contribution in [1.82, 2.24) is 60.2 Å². The second-order valence-electron chi connectivity index (χ2n) is 20.9. The first kappa shape index (κ1) is 52.8. The van der Waals surface area contributed by atoms with E-state index in [1.165, 1.54) is 11.0 Å². The molecule has 4 aromatic heterocycles. The number of hydrogen-bond donors (Lipinski definition) is 6. The molecule has 21 heteroatoms. The third kappa shape index (κ3) is 12.9. The minimum Gasteiger partial charge on any atom is -0.391 e. The van der Waals surface area contributed by atoms with Gasteiger partial charge in [0.15, 0.2) is 11.5 Å². The Morgan fingerprint density at radius 2 is 1.68 bits per heavy atom. The van der Waals surface area contributed by atoms with Gasteiger partial charge in [0.2, 0.25) is 23.6 Å². The standard InChI is InChI=1S/C54H66FN13O6S/c1-33-47(75-32-59-33)36-12-10-34(11-13-36)26-58-51(72)43-25-39(69)30-68(43)53(74)48(54(2,3)4)64-46(71)9-7-5-6-8-45(70)56-18-19-65-20-22-66(23-21-65)52(73)37-16-17-41(40(55)24-37)62-49-50-57-29-44(38-27-60-61-28-38)67(50)31-42(63-49)35-14-15-35/h10-13,16-17,24,27-29,31-32,35,39,43,48,69H,5-9,14-15,18-23,25-26,30H2,1-4H3,(H,56,70)(H,58,72)(H,60,61)(H,62,63)(H,64,71)/t39-,43+,48-/m1/s1. The van der Waals surface area contributed by atoms with Crippen molar-refractivity contribution in [1.29, 1.82) is 0 Å². The molecule has 2 aliphatic heterocycles. The van der Waals surface area contributed by atoms with Gasteiger partial charge in [-0.1, -0.05) is 51.5 Å². The number of nitrogens with zero attached hydrogens (tertiary/aromatic N) is 8. The molecule has 5 amide bonds. The fraction of sp³-hybridized carbons (Fsp3) is 0.463. The van der Waals surface area contributed by atoms with E-state index in [1.54, 1.807) is 47.0 Å². The molecule has 0 unspecified atom stereocenters. The fourth-order valence-corrected chi connectivity index (χ4v) is 10.5. The Morgan fingerprint density at radius 3 is 2.36 bits per heavy atom. The van der Waals surface area contributed by atoms with E-state index in [2.05, 4.69) is 46.3 Å². The van der Waals surface area contributed by atoms with Gasteiger partial charge in [-0.05, 0) is 67.3 Å². The number of amides is 5. The van der Waals surface area contributed by atoms with E-state index in [1.807, 2.05) is 68.1 Å². The Balaban J connectivity index is 0.661. The van der Waals surface area contributed by atoms with Crippen LogP contribution in [0.15, 0.2) is 72.8 Å². The first-order chi connectivity index (χ1) is 36.1. The van der Waals surface area contributed by atoms with Crippen molar-refractivity contribution in [3.8, 4) is 21.7 Å². The molecule has 2 aromatic carbocycles. The number of carbonyl (C=O) groups is 5. The summed E-state index contributed by atoms with van der Waals surface area (Å²) in [4.78, 5) is 87.0. The predicted molar refractivity (Wildman–Crippen MR) is 282 cm³/mol. The number of thiazole rings is 1. The van der Waals surface area contributed by atoms with Crippen molar-refractivity contribution >= 4 is 58.0 Å². The van der Waals surface area contributed by atoms with E-state index >= 15 is 4.39 Å². The lowest BCUT2D eigenvalue weighted by atomic mass is 9.85. The molecule has 3 fully saturated rings. The smallest absolute Gasteiger partial charge is 0.254 e. The Kier molecular flexibility index (Phi) is 16.3. The number of fused-ring (bicyclic) bond motifs is 1. The summed E-state index contributed by atoms with van der Waals surface area (Å²) in [6.45, 7) is 11.0. The van der Waals surface area contributed by atoms with E-state index < -0.39 is 35.3 Å². The topological polar surface area (TPSA) is 235 Å². The molecule has 6 N–H and O–H groups in total. The van der Waals surface area contributed by atoms with E-state index in [0.29, 0.717) is 82.3 Å². The van der Waals surface area contributed by atoms with Gasteiger partial charge in [-0.2, -0.15) is 5.10 Å². The molecule has 0 radical (unpaired) electrons. The lowest BCUT2D eigenvalue weighted by Gasteiger charge is -2.35. The summed E-state index contributed by atoms with van der Waals surface area (Å²) in [5.74, 6) is -1.23. The van der Waals surface area contributed by atoms with Crippen molar-refractivity contribution in [2.45, 2.75) is 110 Å². The van der Waals surface area contributed by atoms with Gasteiger partial charge < -0.3 is 36.2 Å². The van der Waals surface area contributed by atoms with E-state index in [9.17, 15) is 29.1 Å². The third-order valence-corrected chi connectivity index (χ3v) is 15.2. The van der Waals surface area contributed by atoms with Crippen LogP contribution in [0.5, 0.6) is 0 Å². The highest BCUT2D eigenvalue weighted by atomic mass is 32.1. The number of aliphatic hydroxyl groups excluding tert-OH is 1. The van der Waals surface area contributed by atoms with Crippen LogP contribution < -0.4 is 21.3 Å². The van der Waals surface area contributed by atoms with Gasteiger partial charge in [-0.3, -0.25) is 38.4 Å². The van der Waals surface area contributed by atoms with E-state index in [-0.39, 0.29) is 60.8 Å². The number of benzene rings is 2.